The quantitative estimate of drug-likeness (QED) is 0.919. The molecule has 1 atom stereocenters. The van der Waals surface area contributed by atoms with E-state index >= 15 is 0 Å². The molecule has 20 heavy (non-hydrogen) atoms. The number of rotatable bonds is 5. The zero-order chi connectivity index (χ0) is 14.5. The molecule has 1 N–H and O–H groups in total. The van der Waals surface area contributed by atoms with Crippen molar-refractivity contribution in [2.45, 2.75) is 6.04 Å². The van der Waals surface area contributed by atoms with E-state index < -0.39 is 0 Å². The van der Waals surface area contributed by atoms with E-state index in [1.807, 2.05) is 25.5 Å². The number of carbonyl (C=O) groups excluding carboxylic acids is 1. The second-order valence-corrected chi connectivity index (χ2v) is 5.69. The topological polar surface area (TPSA) is 32.3 Å². The van der Waals surface area contributed by atoms with Crippen LogP contribution >= 0.6 is 11.3 Å². The second-order valence-electron chi connectivity index (χ2n) is 4.71. The van der Waals surface area contributed by atoms with Crippen LogP contribution in [0, 0.1) is 5.82 Å². The summed E-state index contributed by atoms with van der Waals surface area (Å²) in [4.78, 5) is 15.3. The van der Waals surface area contributed by atoms with Gasteiger partial charge in [-0.15, -0.1) is 11.3 Å². The lowest BCUT2D eigenvalue weighted by molar-refractivity contribution is 0.0942. The first-order valence-electron chi connectivity index (χ1n) is 6.31. The molecule has 1 heterocycles. The van der Waals surface area contributed by atoms with Crippen molar-refractivity contribution < 1.29 is 9.18 Å². The minimum atomic E-state index is -0.341. The highest BCUT2D eigenvalue weighted by Crippen LogP contribution is 2.22. The van der Waals surface area contributed by atoms with Gasteiger partial charge in [0.25, 0.3) is 5.91 Å². The fraction of sp³-hybridized carbons (Fsp3) is 0.267. The standard InChI is InChI=1S/C15H17FN2OS/c1-18(2)13(14-4-3-9-20-14)10-17-15(19)11-5-7-12(16)8-6-11/h3-9,13H,10H2,1-2H3,(H,17,19). The molecule has 1 aromatic heterocycles. The van der Waals surface area contributed by atoms with Crippen LogP contribution in [0.15, 0.2) is 41.8 Å². The largest absolute Gasteiger partial charge is 0.350 e. The Morgan fingerprint density at radius 3 is 2.55 bits per heavy atom. The smallest absolute Gasteiger partial charge is 0.251 e. The number of benzene rings is 1. The maximum atomic E-state index is 12.8. The average Bonchev–Trinajstić information content (AvgIpc) is 2.93. The summed E-state index contributed by atoms with van der Waals surface area (Å²) in [5.74, 6) is -0.528. The Bertz CT molecular complexity index is 552. The summed E-state index contributed by atoms with van der Waals surface area (Å²) < 4.78 is 12.8. The molecule has 106 valence electrons. The molecule has 0 aliphatic rings. The number of hydrogen-bond acceptors (Lipinski definition) is 3. The van der Waals surface area contributed by atoms with E-state index in [1.54, 1.807) is 11.3 Å². The number of likely N-dealkylation sites (N-methyl/N-ethyl adjacent to an activating group) is 1. The summed E-state index contributed by atoms with van der Waals surface area (Å²) in [5, 5.41) is 4.91. The fourth-order valence-corrected chi connectivity index (χ4v) is 2.83. The highest BCUT2D eigenvalue weighted by atomic mass is 32.1. The number of nitrogens with zero attached hydrogens (tertiary/aromatic N) is 1. The van der Waals surface area contributed by atoms with Crippen LogP contribution in [0.25, 0.3) is 0 Å². The zero-order valence-electron chi connectivity index (χ0n) is 11.5. The predicted molar refractivity (Wildman–Crippen MR) is 79.5 cm³/mol. The number of halogens is 1. The molecule has 3 nitrogen and oxygen atoms in total. The SMILES string of the molecule is CN(C)C(CNC(=O)c1ccc(F)cc1)c1cccs1. The van der Waals surface area contributed by atoms with E-state index in [2.05, 4.69) is 16.3 Å². The van der Waals surface area contributed by atoms with Crippen molar-refractivity contribution in [1.29, 1.82) is 0 Å². The molecule has 0 radical (unpaired) electrons. The zero-order valence-corrected chi connectivity index (χ0v) is 12.3. The number of amides is 1. The van der Waals surface area contributed by atoms with Crippen LogP contribution in [0.3, 0.4) is 0 Å². The summed E-state index contributed by atoms with van der Waals surface area (Å²) in [6, 6.07) is 9.74. The summed E-state index contributed by atoms with van der Waals surface area (Å²) in [7, 11) is 3.96. The summed E-state index contributed by atoms with van der Waals surface area (Å²) >= 11 is 1.67. The molecule has 1 amide bonds. The van der Waals surface area contributed by atoms with Crippen molar-refractivity contribution in [3.63, 3.8) is 0 Å². The summed E-state index contributed by atoms with van der Waals surface area (Å²) in [5.41, 5.74) is 0.468. The lowest BCUT2D eigenvalue weighted by atomic mass is 10.2. The molecule has 0 aliphatic carbocycles. The van der Waals surface area contributed by atoms with Crippen molar-refractivity contribution >= 4 is 17.2 Å². The van der Waals surface area contributed by atoms with Crippen LogP contribution in [-0.2, 0) is 0 Å². The monoisotopic (exact) mass is 292 g/mol. The molecule has 1 aromatic carbocycles. The molecule has 0 bridgehead atoms. The number of carbonyl (C=O) groups is 1. The highest BCUT2D eigenvalue weighted by Gasteiger charge is 2.16. The molecule has 0 spiro atoms. The van der Waals surface area contributed by atoms with Gasteiger partial charge in [-0.2, -0.15) is 0 Å². The van der Waals surface area contributed by atoms with Crippen LogP contribution in [0.5, 0.6) is 0 Å². The van der Waals surface area contributed by atoms with Gasteiger partial charge in [-0.25, -0.2) is 4.39 Å². The Morgan fingerprint density at radius 2 is 2.00 bits per heavy atom. The molecule has 0 fully saturated rings. The molecule has 2 rings (SSSR count). The van der Waals surface area contributed by atoms with Gasteiger partial charge in [0.05, 0.1) is 6.04 Å². The van der Waals surface area contributed by atoms with Gasteiger partial charge >= 0.3 is 0 Å². The van der Waals surface area contributed by atoms with Gasteiger partial charge in [-0.05, 0) is 49.8 Å². The Hall–Kier alpha value is -1.72. The van der Waals surface area contributed by atoms with E-state index in [0.29, 0.717) is 12.1 Å². The Kier molecular flexibility index (Phi) is 4.87. The molecule has 1 unspecified atom stereocenters. The van der Waals surface area contributed by atoms with Gasteiger partial charge in [-0.3, -0.25) is 4.79 Å². The van der Waals surface area contributed by atoms with Crippen molar-refractivity contribution in [3.05, 3.63) is 58.0 Å². The Morgan fingerprint density at radius 1 is 1.30 bits per heavy atom. The van der Waals surface area contributed by atoms with Gasteiger partial charge < -0.3 is 10.2 Å². The molecule has 0 aliphatic heterocycles. The van der Waals surface area contributed by atoms with Crippen LogP contribution in [-0.4, -0.2) is 31.4 Å². The van der Waals surface area contributed by atoms with Crippen molar-refractivity contribution in [2.75, 3.05) is 20.6 Å². The van der Waals surface area contributed by atoms with Gasteiger partial charge in [-0.1, -0.05) is 6.07 Å². The minimum absolute atomic E-state index is 0.138. The Balaban J connectivity index is 1.99. The predicted octanol–water partition coefficient (Wildman–Crippen LogP) is 2.92. The first-order valence-corrected chi connectivity index (χ1v) is 7.19. The molecule has 5 heteroatoms. The fourth-order valence-electron chi connectivity index (χ4n) is 1.91. The number of hydrogen-bond donors (Lipinski definition) is 1. The third-order valence-electron chi connectivity index (χ3n) is 3.06. The molecule has 0 saturated carbocycles. The third-order valence-corrected chi connectivity index (χ3v) is 4.03. The maximum Gasteiger partial charge on any atom is 0.251 e. The average molecular weight is 292 g/mol. The molecule has 2 aromatic rings. The molecule has 0 saturated heterocycles. The van der Waals surface area contributed by atoms with Crippen molar-refractivity contribution in [1.82, 2.24) is 10.2 Å². The van der Waals surface area contributed by atoms with E-state index in [9.17, 15) is 9.18 Å². The van der Waals surface area contributed by atoms with E-state index in [0.717, 1.165) is 0 Å². The van der Waals surface area contributed by atoms with E-state index in [4.69, 9.17) is 0 Å². The third kappa shape index (κ3) is 3.65. The van der Waals surface area contributed by atoms with Crippen molar-refractivity contribution in [3.8, 4) is 0 Å². The lowest BCUT2D eigenvalue weighted by Crippen LogP contribution is -2.34. The van der Waals surface area contributed by atoms with Gasteiger partial charge in [0.2, 0.25) is 0 Å². The van der Waals surface area contributed by atoms with Crippen molar-refractivity contribution in [2.24, 2.45) is 0 Å². The second kappa shape index (κ2) is 6.63. The normalized spacial score (nSPS) is 12.4. The lowest BCUT2D eigenvalue weighted by Gasteiger charge is -2.23. The van der Waals surface area contributed by atoms with E-state index in [-0.39, 0.29) is 17.8 Å². The van der Waals surface area contributed by atoms with Gasteiger partial charge in [0.1, 0.15) is 5.82 Å². The van der Waals surface area contributed by atoms with Crippen LogP contribution in [0.2, 0.25) is 0 Å². The van der Waals surface area contributed by atoms with E-state index in [1.165, 1.54) is 29.1 Å². The van der Waals surface area contributed by atoms with Crippen LogP contribution in [0.4, 0.5) is 4.39 Å². The number of nitrogens with one attached hydrogen (secondary N) is 1. The molecular weight excluding hydrogens is 275 g/mol. The first kappa shape index (κ1) is 14.7. The van der Waals surface area contributed by atoms with Gasteiger partial charge in [0.15, 0.2) is 0 Å². The summed E-state index contributed by atoms with van der Waals surface area (Å²) in [6.07, 6.45) is 0. The molecular formula is C15H17FN2OS. The summed E-state index contributed by atoms with van der Waals surface area (Å²) in [6.45, 7) is 0.518. The van der Waals surface area contributed by atoms with Gasteiger partial charge in [0, 0.05) is 17.0 Å². The minimum Gasteiger partial charge on any atom is -0.350 e. The maximum absolute atomic E-state index is 12.8. The van der Waals surface area contributed by atoms with Crippen LogP contribution < -0.4 is 5.32 Å². The first-order chi connectivity index (χ1) is 9.58. The Labute approximate surface area is 122 Å². The highest BCUT2D eigenvalue weighted by molar-refractivity contribution is 7.10. The van der Waals surface area contributed by atoms with Crippen LogP contribution in [0.1, 0.15) is 21.3 Å². The number of thiophene rings is 1.